The molecule has 0 aliphatic heterocycles. The number of hydrogen-bond acceptors (Lipinski definition) is 3. The predicted molar refractivity (Wildman–Crippen MR) is 79.2 cm³/mol. The Morgan fingerprint density at radius 1 is 1.05 bits per heavy atom. The van der Waals surface area contributed by atoms with E-state index in [-0.39, 0.29) is 5.82 Å². The van der Waals surface area contributed by atoms with Crippen LogP contribution in [0.4, 0.5) is 10.2 Å². The number of halogens is 1. The van der Waals surface area contributed by atoms with Crippen molar-refractivity contribution in [3.63, 3.8) is 0 Å². The van der Waals surface area contributed by atoms with Gasteiger partial charge in [-0.2, -0.15) is 0 Å². The number of anilines is 1. The molecular formula is C16H14FN3. The van der Waals surface area contributed by atoms with E-state index in [2.05, 4.69) is 15.3 Å². The molecule has 0 atom stereocenters. The first-order valence-electron chi connectivity index (χ1n) is 6.39. The van der Waals surface area contributed by atoms with Crippen LogP contribution in [0, 0.1) is 12.7 Å². The Balaban J connectivity index is 2.25. The Morgan fingerprint density at radius 3 is 2.65 bits per heavy atom. The van der Waals surface area contributed by atoms with Gasteiger partial charge in [0.1, 0.15) is 11.6 Å². The van der Waals surface area contributed by atoms with Crippen molar-refractivity contribution >= 4 is 16.7 Å². The van der Waals surface area contributed by atoms with E-state index in [0.29, 0.717) is 17.0 Å². The van der Waals surface area contributed by atoms with Crippen LogP contribution in [0.5, 0.6) is 0 Å². The molecular weight excluding hydrogens is 253 g/mol. The lowest BCUT2D eigenvalue weighted by molar-refractivity contribution is 0.629. The highest BCUT2D eigenvalue weighted by atomic mass is 19.1. The molecule has 0 amide bonds. The quantitative estimate of drug-likeness (QED) is 0.767. The fourth-order valence-corrected chi connectivity index (χ4v) is 2.20. The zero-order chi connectivity index (χ0) is 14.1. The number of hydrogen-bond donors (Lipinski definition) is 1. The van der Waals surface area contributed by atoms with Crippen LogP contribution in [0.3, 0.4) is 0 Å². The molecule has 1 heterocycles. The zero-order valence-electron chi connectivity index (χ0n) is 11.3. The maximum absolute atomic E-state index is 13.3. The molecule has 0 saturated heterocycles. The molecule has 1 N–H and O–H groups in total. The summed E-state index contributed by atoms with van der Waals surface area (Å²) in [5.41, 5.74) is 2.83. The summed E-state index contributed by atoms with van der Waals surface area (Å²) in [7, 11) is 1.77. The standard InChI is InChI=1S/C16H14FN3/c1-10-4-3-5-11(8-10)15-19-14-7-6-12(17)9-13(14)16(18-2)20-15/h3-9H,1-2H3,(H,18,19,20). The van der Waals surface area contributed by atoms with Gasteiger partial charge < -0.3 is 5.32 Å². The predicted octanol–water partition coefficient (Wildman–Crippen LogP) is 3.79. The molecule has 0 aliphatic rings. The van der Waals surface area contributed by atoms with Gasteiger partial charge in [0.15, 0.2) is 5.82 Å². The summed E-state index contributed by atoms with van der Waals surface area (Å²) in [5, 5.41) is 3.69. The second kappa shape index (κ2) is 4.89. The second-order valence-corrected chi connectivity index (χ2v) is 4.68. The lowest BCUT2D eigenvalue weighted by atomic mass is 10.1. The van der Waals surface area contributed by atoms with Crippen molar-refractivity contribution in [2.24, 2.45) is 0 Å². The Morgan fingerprint density at radius 2 is 1.90 bits per heavy atom. The van der Waals surface area contributed by atoms with Crippen LogP contribution in [0.15, 0.2) is 42.5 Å². The SMILES string of the molecule is CNc1nc(-c2cccc(C)c2)nc2ccc(F)cc12. The fraction of sp³-hybridized carbons (Fsp3) is 0.125. The van der Waals surface area contributed by atoms with Crippen LogP contribution >= 0.6 is 0 Å². The minimum absolute atomic E-state index is 0.291. The number of nitrogens with zero attached hydrogens (tertiary/aromatic N) is 2. The average Bonchev–Trinajstić information content (AvgIpc) is 2.46. The Bertz CT molecular complexity index is 784. The third-order valence-electron chi connectivity index (χ3n) is 3.17. The van der Waals surface area contributed by atoms with Crippen molar-refractivity contribution in [2.45, 2.75) is 6.92 Å². The molecule has 3 aromatic rings. The van der Waals surface area contributed by atoms with Gasteiger partial charge in [-0.1, -0.05) is 23.8 Å². The molecule has 4 heteroatoms. The largest absolute Gasteiger partial charge is 0.373 e. The Labute approximate surface area is 116 Å². The van der Waals surface area contributed by atoms with Crippen LogP contribution < -0.4 is 5.32 Å². The average molecular weight is 267 g/mol. The molecule has 2 aromatic carbocycles. The number of rotatable bonds is 2. The second-order valence-electron chi connectivity index (χ2n) is 4.68. The smallest absolute Gasteiger partial charge is 0.162 e. The number of nitrogens with one attached hydrogen (secondary N) is 1. The summed E-state index contributed by atoms with van der Waals surface area (Å²) < 4.78 is 13.3. The highest BCUT2D eigenvalue weighted by Gasteiger charge is 2.09. The molecule has 1 aromatic heterocycles. The van der Waals surface area contributed by atoms with E-state index in [9.17, 15) is 4.39 Å². The van der Waals surface area contributed by atoms with Crippen molar-refractivity contribution in [3.05, 3.63) is 53.8 Å². The first-order valence-corrected chi connectivity index (χ1v) is 6.39. The van der Waals surface area contributed by atoms with Gasteiger partial charge in [0, 0.05) is 18.0 Å². The van der Waals surface area contributed by atoms with E-state index < -0.39 is 0 Å². The van der Waals surface area contributed by atoms with E-state index in [1.165, 1.54) is 12.1 Å². The van der Waals surface area contributed by atoms with Gasteiger partial charge in [0.05, 0.1) is 5.52 Å². The summed E-state index contributed by atoms with van der Waals surface area (Å²) in [5.74, 6) is 0.976. The molecule has 0 radical (unpaired) electrons. The van der Waals surface area contributed by atoms with Crippen LogP contribution in [-0.2, 0) is 0 Å². The van der Waals surface area contributed by atoms with Gasteiger partial charge in [-0.15, -0.1) is 0 Å². The Kier molecular flexibility index (Phi) is 3.06. The van der Waals surface area contributed by atoms with Crippen LogP contribution in [0.25, 0.3) is 22.3 Å². The first-order chi connectivity index (χ1) is 9.67. The zero-order valence-corrected chi connectivity index (χ0v) is 11.3. The minimum atomic E-state index is -0.291. The lowest BCUT2D eigenvalue weighted by Crippen LogP contribution is -1.99. The summed E-state index contributed by atoms with van der Waals surface area (Å²) >= 11 is 0. The molecule has 100 valence electrons. The number of benzene rings is 2. The third kappa shape index (κ3) is 2.20. The van der Waals surface area contributed by atoms with Gasteiger partial charge in [0.2, 0.25) is 0 Å². The molecule has 0 unspecified atom stereocenters. The first kappa shape index (κ1) is 12.5. The van der Waals surface area contributed by atoms with Gasteiger partial charge >= 0.3 is 0 Å². The van der Waals surface area contributed by atoms with Gasteiger partial charge in [-0.3, -0.25) is 0 Å². The lowest BCUT2D eigenvalue weighted by Gasteiger charge is -2.08. The third-order valence-corrected chi connectivity index (χ3v) is 3.17. The number of aryl methyl sites for hydroxylation is 1. The molecule has 0 fully saturated rings. The van der Waals surface area contributed by atoms with E-state index in [4.69, 9.17) is 0 Å². The summed E-state index contributed by atoms with van der Waals surface area (Å²) in [6.07, 6.45) is 0. The molecule has 0 spiro atoms. The molecule has 3 nitrogen and oxygen atoms in total. The van der Waals surface area contributed by atoms with Gasteiger partial charge in [0.25, 0.3) is 0 Å². The van der Waals surface area contributed by atoms with Crippen LogP contribution in [0.2, 0.25) is 0 Å². The van der Waals surface area contributed by atoms with Gasteiger partial charge in [-0.25, -0.2) is 14.4 Å². The molecule has 0 bridgehead atoms. The number of fused-ring (bicyclic) bond motifs is 1. The Hall–Kier alpha value is -2.49. The van der Waals surface area contributed by atoms with Crippen molar-refractivity contribution in [2.75, 3.05) is 12.4 Å². The fourth-order valence-electron chi connectivity index (χ4n) is 2.20. The van der Waals surface area contributed by atoms with Crippen molar-refractivity contribution in [3.8, 4) is 11.4 Å². The van der Waals surface area contributed by atoms with Crippen molar-refractivity contribution in [1.29, 1.82) is 0 Å². The van der Waals surface area contributed by atoms with E-state index >= 15 is 0 Å². The monoisotopic (exact) mass is 267 g/mol. The van der Waals surface area contributed by atoms with Crippen molar-refractivity contribution in [1.82, 2.24) is 9.97 Å². The summed E-state index contributed by atoms with van der Waals surface area (Å²) in [6, 6.07) is 12.5. The molecule has 3 rings (SSSR count). The summed E-state index contributed by atoms with van der Waals surface area (Å²) in [4.78, 5) is 9.00. The van der Waals surface area contributed by atoms with E-state index in [0.717, 1.165) is 16.6 Å². The highest BCUT2D eigenvalue weighted by molar-refractivity contribution is 5.90. The van der Waals surface area contributed by atoms with Crippen LogP contribution in [0.1, 0.15) is 5.56 Å². The van der Waals surface area contributed by atoms with Gasteiger partial charge in [-0.05, 0) is 31.2 Å². The van der Waals surface area contributed by atoms with Crippen molar-refractivity contribution < 1.29 is 4.39 Å². The molecule has 0 saturated carbocycles. The highest BCUT2D eigenvalue weighted by Crippen LogP contribution is 2.25. The van der Waals surface area contributed by atoms with E-state index in [1.54, 1.807) is 13.1 Å². The molecule has 20 heavy (non-hydrogen) atoms. The van der Waals surface area contributed by atoms with E-state index in [1.807, 2.05) is 31.2 Å². The summed E-state index contributed by atoms with van der Waals surface area (Å²) in [6.45, 7) is 2.03. The normalized spacial score (nSPS) is 10.8. The number of aromatic nitrogens is 2. The minimum Gasteiger partial charge on any atom is -0.373 e. The maximum atomic E-state index is 13.3. The topological polar surface area (TPSA) is 37.8 Å². The maximum Gasteiger partial charge on any atom is 0.162 e. The molecule has 0 aliphatic carbocycles. The van der Waals surface area contributed by atoms with Crippen LogP contribution in [-0.4, -0.2) is 17.0 Å².